The SMILES string of the molecule is CC(C)c1ccc(-n2ccnc2)c(CO)c1. The molecule has 16 heavy (non-hydrogen) atoms. The predicted octanol–water partition coefficient (Wildman–Crippen LogP) is 2.49. The second kappa shape index (κ2) is 4.49. The van der Waals surface area contributed by atoms with Crippen LogP contribution in [-0.4, -0.2) is 14.7 Å². The molecule has 0 spiro atoms. The van der Waals surface area contributed by atoms with Crippen LogP contribution >= 0.6 is 0 Å². The van der Waals surface area contributed by atoms with E-state index in [4.69, 9.17) is 0 Å². The Hall–Kier alpha value is -1.61. The predicted molar refractivity (Wildman–Crippen MR) is 63.6 cm³/mol. The molecule has 0 amide bonds. The van der Waals surface area contributed by atoms with Gasteiger partial charge in [0.1, 0.15) is 0 Å². The van der Waals surface area contributed by atoms with Crippen molar-refractivity contribution < 1.29 is 5.11 Å². The number of hydrogen-bond acceptors (Lipinski definition) is 2. The zero-order valence-electron chi connectivity index (χ0n) is 9.59. The van der Waals surface area contributed by atoms with Gasteiger partial charge in [-0.05, 0) is 17.5 Å². The Balaban J connectivity index is 2.47. The van der Waals surface area contributed by atoms with E-state index in [0.29, 0.717) is 5.92 Å². The van der Waals surface area contributed by atoms with Crippen molar-refractivity contribution in [2.75, 3.05) is 0 Å². The summed E-state index contributed by atoms with van der Waals surface area (Å²) in [5, 5.41) is 9.39. The maximum atomic E-state index is 9.39. The van der Waals surface area contributed by atoms with E-state index in [2.05, 4.69) is 31.0 Å². The van der Waals surface area contributed by atoms with Crippen LogP contribution < -0.4 is 0 Å². The molecule has 2 rings (SSSR count). The number of aromatic nitrogens is 2. The number of nitrogens with zero attached hydrogens (tertiary/aromatic N) is 2. The summed E-state index contributed by atoms with van der Waals surface area (Å²) in [4.78, 5) is 4.01. The highest BCUT2D eigenvalue weighted by molar-refractivity contribution is 5.44. The van der Waals surface area contributed by atoms with Gasteiger partial charge < -0.3 is 9.67 Å². The largest absolute Gasteiger partial charge is 0.392 e. The van der Waals surface area contributed by atoms with Gasteiger partial charge in [-0.2, -0.15) is 0 Å². The fourth-order valence-corrected chi connectivity index (χ4v) is 1.74. The second-order valence-electron chi connectivity index (χ2n) is 4.17. The minimum Gasteiger partial charge on any atom is -0.392 e. The summed E-state index contributed by atoms with van der Waals surface area (Å²) in [6.45, 7) is 4.34. The van der Waals surface area contributed by atoms with E-state index in [-0.39, 0.29) is 6.61 Å². The standard InChI is InChI=1S/C13H16N2O/c1-10(2)11-3-4-13(12(7-11)8-16)15-6-5-14-9-15/h3-7,9-10,16H,8H2,1-2H3. The molecule has 84 valence electrons. The third-order valence-electron chi connectivity index (χ3n) is 2.72. The van der Waals surface area contributed by atoms with Gasteiger partial charge in [0.05, 0.1) is 18.6 Å². The van der Waals surface area contributed by atoms with E-state index in [1.807, 2.05) is 16.8 Å². The summed E-state index contributed by atoms with van der Waals surface area (Å²) < 4.78 is 1.91. The molecule has 1 heterocycles. The quantitative estimate of drug-likeness (QED) is 0.856. The first-order valence-electron chi connectivity index (χ1n) is 5.44. The average molecular weight is 216 g/mol. The maximum absolute atomic E-state index is 9.39. The lowest BCUT2D eigenvalue weighted by atomic mass is 10.00. The molecule has 0 radical (unpaired) electrons. The van der Waals surface area contributed by atoms with Crippen LogP contribution in [0.5, 0.6) is 0 Å². The Morgan fingerprint density at radius 3 is 2.75 bits per heavy atom. The summed E-state index contributed by atoms with van der Waals surface area (Å²) in [5.74, 6) is 0.474. The third-order valence-corrected chi connectivity index (χ3v) is 2.72. The highest BCUT2D eigenvalue weighted by atomic mass is 16.3. The lowest BCUT2D eigenvalue weighted by molar-refractivity contribution is 0.281. The zero-order chi connectivity index (χ0) is 11.5. The molecule has 0 atom stereocenters. The van der Waals surface area contributed by atoms with Crippen molar-refractivity contribution in [1.82, 2.24) is 9.55 Å². The molecular formula is C13H16N2O. The van der Waals surface area contributed by atoms with Crippen molar-refractivity contribution in [3.8, 4) is 5.69 Å². The van der Waals surface area contributed by atoms with Crippen molar-refractivity contribution in [2.45, 2.75) is 26.4 Å². The summed E-state index contributed by atoms with van der Waals surface area (Å²) in [7, 11) is 0. The monoisotopic (exact) mass is 216 g/mol. The number of hydrogen-bond donors (Lipinski definition) is 1. The number of imidazole rings is 1. The van der Waals surface area contributed by atoms with E-state index >= 15 is 0 Å². The first-order chi connectivity index (χ1) is 7.72. The molecule has 2 aromatic rings. The van der Waals surface area contributed by atoms with Crippen molar-refractivity contribution in [2.24, 2.45) is 0 Å². The lowest BCUT2D eigenvalue weighted by Crippen LogP contribution is -1.99. The van der Waals surface area contributed by atoms with Crippen LogP contribution in [-0.2, 0) is 6.61 Å². The summed E-state index contributed by atoms with van der Waals surface area (Å²) in [5.41, 5.74) is 3.17. The molecule has 1 aromatic heterocycles. The Labute approximate surface area is 95.4 Å². The van der Waals surface area contributed by atoms with E-state index in [0.717, 1.165) is 11.3 Å². The van der Waals surface area contributed by atoms with Gasteiger partial charge in [0.25, 0.3) is 0 Å². The molecule has 3 nitrogen and oxygen atoms in total. The van der Waals surface area contributed by atoms with Crippen LogP contribution in [0.2, 0.25) is 0 Å². The van der Waals surface area contributed by atoms with Gasteiger partial charge in [0.2, 0.25) is 0 Å². The molecule has 0 aliphatic rings. The van der Waals surface area contributed by atoms with E-state index in [1.54, 1.807) is 12.5 Å². The van der Waals surface area contributed by atoms with Gasteiger partial charge in [-0.1, -0.05) is 26.0 Å². The molecule has 1 N–H and O–H groups in total. The maximum Gasteiger partial charge on any atom is 0.0991 e. The number of benzene rings is 1. The molecular weight excluding hydrogens is 200 g/mol. The van der Waals surface area contributed by atoms with Crippen LogP contribution in [0.25, 0.3) is 5.69 Å². The van der Waals surface area contributed by atoms with E-state index < -0.39 is 0 Å². The molecule has 0 aliphatic carbocycles. The number of rotatable bonds is 3. The molecule has 3 heteroatoms. The van der Waals surface area contributed by atoms with Crippen molar-refractivity contribution >= 4 is 0 Å². The van der Waals surface area contributed by atoms with Gasteiger partial charge in [0, 0.05) is 18.0 Å². The average Bonchev–Trinajstić information content (AvgIpc) is 2.81. The van der Waals surface area contributed by atoms with Gasteiger partial charge >= 0.3 is 0 Å². The van der Waals surface area contributed by atoms with Gasteiger partial charge in [-0.25, -0.2) is 4.98 Å². The summed E-state index contributed by atoms with van der Waals surface area (Å²) in [6.07, 6.45) is 5.35. The molecule has 0 unspecified atom stereocenters. The zero-order valence-corrected chi connectivity index (χ0v) is 9.59. The highest BCUT2D eigenvalue weighted by Gasteiger charge is 2.06. The Morgan fingerprint density at radius 1 is 1.38 bits per heavy atom. The lowest BCUT2D eigenvalue weighted by Gasteiger charge is -2.12. The van der Waals surface area contributed by atoms with Crippen molar-refractivity contribution in [3.05, 3.63) is 48.0 Å². The van der Waals surface area contributed by atoms with Crippen LogP contribution in [0.1, 0.15) is 30.9 Å². The van der Waals surface area contributed by atoms with Crippen molar-refractivity contribution in [1.29, 1.82) is 0 Å². The third kappa shape index (κ3) is 1.99. The first kappa shape index (κ1) is 10.9. The van der Waals surface area contributed by atoms with E-state index in [1.165, 1.54) is 5.56 Å². The molecule has 0 bridgehead atoms. The highest BCUT2D eigenvalue weighted by Crippen LogP contribution is 2.21. The topological polar surface area (TPSA) is 38.0 Å². The van der Waals surface area contributed by atoms with E-state index in [9.17, 15) is 5.11 Å². The molecule has 0 fully saturated rings. The van der Waals surface area contributed by atoms with Gasteiger partial charge in [-0.3, -0.25) is 0 Å². The van der Waals surface area contributed by atoms with Crippen LogP contribution in [0.3, 0.4) is 0 Å². The smallest absolute Gasteiger partial charge is 0.0991 e. The summed E-state index contributed by atoms with van der Waals surface area (Å²) in [6, 6.07) is 6.18. The fraction of sp³-hybridized carbons (Fsp3) is 0.308. The van der Waals surface area contributed by atoms with Gasteiger partial charge in [0.15, 0.2) is 0 Å². The molecule has 0 saturated carbocycles. The Kier molecular flexibility index (Phi) is 3.06. The Bertz CT molecular complexity index is 461. The molecule has 0 aliphatic heterocycles. The first-order valence-corrected chi connectivity index (χ1v) is 5.44. The van der Waals surface area contributed by atoms with Gasteiger partial charge in [-0.15, -0.1) is 0 Å². The molecule has 1 aromatic carbocycles. The number of aliphatic hydroxyl groups excluding tert-OH is 1. The normalized spacial score (nSPS) is 11.0. The minimum absolute atomic E-state index is 0.0497. The number of aliphatic hydroxyl groups is 1. The van der Waals surface area contributed by atoms with Crippen molar-refractivity contribution in [3.63, 3.8) is 0 Å². The minimum atomic E-state index is 0.0497. The molecule has 0 saturated heterocycles. The van der Waals surface area contributed by atoms with Crippen LogP contribution in [0.4, 0.5) is 0 Å². The summed E-state index contributed by atoms with van der Waals surface area (Å²) >= 11 is 0. The van der Waals surface area contributed by atoms with Crippen LogP contribution in [0, 0.1) is 0 Å². The second-order valence-corrected chi connectivity index (χ2v) is 4.17. The van der Waals surface area contributed by atoms with Crippen LogP contribution in [0.15, 0.2) is 36.9 Å². The fourth-order valence-electron chi connectivity index (χ4n) is 1.74. The Morgan fingerprint density at radius 2 is 2.19 bits per heavy atom.